The largest absolute Gasteiger partial charge is 0.419 e. The number of piperazine rings is 1. The summed E-state index contributed by atoms with van der Waals surface area (Å²) in [7, 11) is -2.04. The van der Waals surface area contributed by atoms with Crippen molar-refractivity contribution in [3.63, 3.8) is 0 Å². The second kappa shape index (κ2) is 7.98. The average molecular weight is 455 g/mol. The Balaban J connectivity index is 1.78. The van der Waals surface area contributed by atoms with Gasteiger partial charge in [0.2, 0.25) is 0 Å². The number of halogens is 3. The topological polar surface area (TPSA) is 56.8 Å². The van der Waals surface area contributed by atoms with Crippen LogP contribution in [-0.4, -0.2) is 57.6 Å². The molecule has 0 amide bonds. The number of aryl methyl sites for hydroxylation is 1. The van der Waals surface area contributed by atoms with Gasteiger partial charge >= 0.3 is 6.18 Å². The lowest BCUT2D eigenvalue weighted by atomic mass is 10.2. The van der Waals surface area contributed by atoms with Crippen molar-refractivity contribution in [3.8, 4) is 0 Å². The first-order valence-corrected chi connectivity index (χ1v) is 11.6. The van der Waals surface area contributed by atoms with Crippen LogP contribution < -0.4 is 9.21 Å². The fraction of sp³-hybridized carbons (Fsp3) is 0.476. The van der Waals surface area contributed by atoms with Crippen LogP contribution in [0.15, 0.2) is 41.3 Å². The predicted octanol–water partition coefficient (Wildman–Crippen LogP) is 3.52. The van der Waals surface area contributed by atoms with Crippen LogP contribution in [0.5, 0.6) is 0 Å². The summed E-state index contributed by atoms with van der Waals surface area (Å²) in [5.74, 6) is -0.173. The number of hydrogen-bond acceptors (Lipinski definition) is 5. The van der Waals surface area contributed by atoms with Crippen molar-refractivity contribution >= 4 is 21.7 Å². The number of aromatic nitrogens is 1. The highest BCUT2D eigenvalue weighted by molar-refractivity contribution is 7.92. The van der Waals surface area contributed by atoms with Crippen molar-refractivity contribution in [1.82, 2.24) is 9.88 Å². The maximum Gasteiger partial charge on any atom is 0.419 e. The molecule has 0 spiro atoms. The van der Waals surface area contributed by atoms with Crippen LogP contribution in [0.3, 0.4) is 0 Å². The van der Waals surface area contributed by atoms with E-state index in [1.54, 1.807) is 17.0 Å². The van der Waals surface area contributed by atoms with Crippen molar-refractivity contribution in [1.29, 1.82) is 0 Å². The summed E-state index contributed by atoms with van der Waals surface area (Å²) in [4.78, 5) is 8.02. The molecule has 1 aromatic heterocycles. The van der Waals surface area contributed by atoms with E-state index in [-0.39, 0.29) is 22.6 Å². The van der Waals surface area contributed by atoms with E-state index in [2.05, 4.69) is 4.98 Å². The van der Waals surface area contributed by atoms with Gasteiger partial charge in [0.1, 0.15) is 11.6 Å². The van der Waals surface area contributed by atoms with Crippen molar-refractivity contribution in [2.24, 2.45) is 0 Å². The van der Waals surface area contributed by atoms with E-state index in [1.165, 1.54) is 22.5 Å². The zero-order chi connectivity index (χ0) is 22.4. The van der Waals surface area contributed by atoms with Crippen LogP contribution in [0.2, 0.25) is 0 Å². The maximum absolute atomic E-state index is 13.7. The fourth-order valence-corrected chi connectivity index (χ4v) is 5.34. The Bertz CT molecular complexity index is 1050. The number of anilines is 2. The Morgan fingerprint density at radius 3 is 2.16 bits per heavy atom. The summed E-state index contributed by atoms with van der Waals surface area (Å²) in [5, 5.41) is 0. The Kier molecular flexibility index (Phi) is 5.63. The summed E-state index contributed by atoms with van der Waals surface area (Å²) in [6.45, 7) is 3.86. The smallest absolute Gasteiger partial charge is 0.353 e. The maximum atomic E-state index is 13.7. The molecule has 4 rings (SSSR count). The zero-order valence-electron chi connectivity index (χ0n) is 17.4. The standard InChI is InChI=1S/C21H25F3N4O2S/c1-15-3-7-17(8-4-15)31(29,30)28(16-5-6-16)19-10-9-18(21(22,23)24)20(25-19)27-13-11-26(2)12-14-27/h3-4,7-10,16H,5-6,11-14H2,1-2H3. The number of nitrogens with zero attached hydrogens (tertiary/aromatic N) is 4. The Hall–Kier alpha value is -2.33. The fourth-order valence-electron chi connectivity index (χ4n) is 3.68. The van der Waals surface area contributed by atoms with Gasteiger partial charge in [-0.05, 0) is 51.1 Å². The van der Waals surface area contributed by atoms with Crippen LogP contribution >= 0.6 is 0 Å². The normalized spacial score (nSPS) is 18.3. The van der Waals surface area contributed by atoms with Gasteiger partial charge in [0.15, 0.2) is 0 Å². The van der Waals surface area contributed by atoms with Crippen molar-refractivity contribution in [2.75, 3.05) is 42.4 Å². The average Bonchev–Trinajstić information content (AvgIpc) is 3.53. The first-order chi connectivity index (χ1) is 14.6. The molecule has 0 unspecified atom stereocenters. The van der Waals surface area contributed by atoms with E-state index >= 15 is 0 Å². The van der Waals surface area contributed by atoms with Gasteiger partial charge in [-0.25, -0.2) is 17.7 Å². The Morgan fingerprint density at radius 2 is 1.61 bits per heavy atom. The van der Waals surface area contributed by atoms with Gasteiger partial charge in [0.25, 0.3) is 10.0 Å². The molecular weight excluding hydrogens is 429 g/mol. The number of alkyl halides is 3. The number of pyridine rings is 1. The monoisotopic (exact) mass is 454 g/mol. The third-order valence-corrected chi connectivity index (χ3v) is 7.52. The number of hydrogen-bond donors (Lipinski definition) is 0. The van der Waals surface area contributed by atoms with Crippen LogP contribution in [-0.2, 0) is 16.2 Å². The molecule has 2 heterocycles. The third-order valence-electron chi connectivity index (χ3n) is 5.65. The first-order valence-electron chi connectivity index (χ1n) is 10.2. The molecule has 31 heavy (non-hydrogen) atoms. The number of rotatable bonds is 5. The third kappa shape index (κ3) is 4.50. The number of sulfonamides is 1. The van der Waals surface area contributed by atoms with E-state index in [4.69, 9.17) is 0 Å². The van der Waals surface area contributed by atoms with Gasteiger partial charge in [-0.15, -0.1) is 0 Å². The molecule has 168 valence electrons. The van der Waals surface area contributed by atoms with Gasteiger partial charge in [-0.1, -0.05) is 17.7 Å². The molecule has 1 aliphatic carbocycles. The predicted molar refractivity (Wildman–Crippen MR) is 113 cm³/mol. The molecule has 0 atom stereocenters. The summed E-state index contributed by atoms with van der Waals surface area (Å²) in [6, 6.07) is 8.28. The van der Waals surface area contributed by atoms with Gasteiger partial charge in [-0.2, -0.15) is 13.2 Å². The lowest BCUT2D eigenvalue weighted by molar-refractivity contribution is -0.137. The lowest BCUT2D eigenvalue weighted by Crippen LogP contribution is -2.45. The molecule has 1 aliphatic heterocycles. The number of benzene rings is 1. The highest BCUT2D eigenvalue weighted by Gasteiger charge is 2.41. The lowest BCUT2D eigenvalue weighted by Gasteiger charge is -2.35. The molecule has 10 heteroatoms. The molecule has 6 nitrogen and oxygen atoms in total. The minimum atomic E-state index is -4.58. The van der Waals surface area contributed by atoms with Crippen molar-refractivity contribution in [3.05, 3.63) is 47.5 Å². The molecule has 1 aromatic carbocycles. The molecule has 0 N–H and O–H groups in total. The molecule has 1 saturated carbocycles. The van der Waals surface area contributed by atoms with Gasteiger partial charge in [0.05, 0.1) is 10.5 Å². The summed E-state index contributed by atoms with van der Waals surface area (Å²) < 4.78 is 69.1. The molecule has 0 radical (unpaired) electrons. The number of likely N-dealkylation sites (N-methyl/N-ethyl adjacent to an activating group) is 1. The van der Waals surface area contributed by atoms with Crippen LogP contribution in [0.4, 0.5) is 24.8 Å². The highest BCUT2D eigenvalue weighted by Crippen LogP contribution is 2.40. The zero-order valence-corrected chi connectivity index (χ0v) is 18.2. The first kappa shape index (κ1) is 21.9. The summed E-state index contributed by atoms with van der Waals surface area (Å²) in [6.07, 6.45) is -3.28. The van der Waals surface area contributed by atoms with Crippen molar-refractivity contribution in [2.45, 2.75) is 36.9 Å². The Labute approximate surface area is 180 Å². The minimum Gasteiger partial charge on any atom is -0.353 e. The molecule has 2 fully saturated rings. The van der Waals surface area contributed by atoms with Crippen molar-refractivity contribution < 1.29 is 21.6 Å². The van der Waals surface area contributed by atoms with Crippen LogP contribution in [0, 0.1) is 6.92 Å². The van der Waals surface area contributed by atoms with E-state index < -0.39 is 21.8 Å². The second-order valence-electron chi connectivity index (χ2n) is 8.17. The molecule has 1 saturated heterocycles. The van der Waals surface area contributed by atoms with Gasteiger partial charge in [-0.3, -0.25) is 0 Å². The highest BCUT2D eigenvalue weighted by atomic mass is 32.2. The van der Waals surface area contributed by atoms with E-state index in [1.807, 2.05) is 18.9 Å². The summed E-state index contributed by atoms with van der Waals surface area (Å²) in [5.41, 5.74) is 0.0752. The molecule has 2 aliphatic rings. The molecule has 0 bridgehead atoms. The van der Waals surface area contributed by atoms with Crippen LogP contribution in [0.1, 0.15) is 24.0 Å². The minimum absolute atomic E-state index is 0.0324. The second-order valence-corrected chi connectivity index (χ2v) is 9.99. The SMILES string of the molecule is Cc1ccc(S(=O)(=O)N(c2ccc(C(F)(F)F)c(N3CCN(C)CC3)n2)C2CC2)cc1. The quantitative estimate of drug-likeness (QED) is 0.692. The van der Waals surface area contributed by atoms with Gasteiger partial charge < -0.3 is 9.80 Å². The van der Waals surface area contributed by atoms with E-state index in [0.29, 0.717) is 39.0 Å². The molecular formula is C21H25F3N4O2S. The molecule has 2 aromatic rings. The van der Waals surface area contributed by atoms with Gasteiger partial charge in [0, 0.05) is 32.2 Å². The van der Waals surface area contributed by atoms with E-state index in [0.717, 1.165) is 11.6 Å². The Morgan fingerprint density at radius 1 is 1.00 bits per heavy atom. The van der Waals surface area contributed by atoms with E-state index in [9.17, 15) is 21.6 Å². The van der Waals surface area contributed by atoms with Crippen LogP contribution in [0.25, 0.3) is 0 Å². The summed E-state index contributed by atoms with van der Waals surface area (Å²) >= 11 is 0.